The van der Waals surface area contributed by atoms with Gasteiger partial charge in [0.2, 0.25) is 0 Å². The molecule has 0 unspecified atom stereocenters. The van der Waals surface area contributed by atoms with Crippen LogP contribution in [0.25, 0.3) is 0 Å². The number of hydrogen-bond acceptors (Lipinski definition) is 2. The van der Waals surface area contributed by atoms with Crippen LogP contribution < -0.4 is 4.74 Å². The highest BCUT2D eigenvalue weighted by atomic mass is 19.3. The number of halogens is 4. The maximum absolute atomic E-state index is 13.0. The Morgan fingerprint density at radius 3 is 2.10 bits per heavy atom. The van der Waals surface area contributed by atoms with Crippen LogP contribution in [0.2, 0.25) is 0 Å². The van der Waals surface area contributed by atoms with Crippen molar-refractivity contribution in [2.75, 3.05) is 0 Å². The maximum Gasteiger partial charge on any atom is 0.387 e. The van der Waals surface area contributed by atoms with Gasteiger partial charge in [-0.15, -0.1) is 0 Å². The molecule has 110 valence electrons. The number of carbonyl (C=O) groups excluding carboxylic acids is 1. The Hall–Kier alpha value is -2.37. The molecule has 0 fully saturated rings. The fourth-order valence-corrected chi connectivity index (χ4v) is 1.82. The van der Waals surface area contributed by atoms with E-state index in [1.165, 1.54) is 24.3 Å². The number of carbonyl (C=O) groups is 1. The molecule has 0 aromatic heterocycles. The van der Waals surface area contributed by atoms with Gasteiger partial charge in [-0.3, -0.25) is 4.79 Å². The van der Waals surface area contributed by atoms with E-state index in [9.17, 15) is 22.4 Å². The Labute approximate surface area is 118 Å². The largest absolute Gasteiger partial charge is 0.435 e. The highest BCUT2D eigenvalue weighted by molar-refractivity contribution is 5.97. The fraction of sp³-hybridized carbons (Fsp3) is 0.133. The molecule has 0 saturated carbocycles. The molecule has 0 N–H and O–H groups in total. The van der Waals surface area contributed by atoms with Crippen molar-refractivity contribution >= 4 is 5.78 Å². The van der Waals surface area contributed by atoms with Crippen molar-refractivity contribution in [3.63, 3.8) is 0 Å². The van der Waals surface area contributed by atoms with Gasteiger partial charge >= 0.3 is 6.61 Å². The Kier molecular flexibility index (Phi) is 4.57. The Balaban J connectivity index is 2.09. The minimum atomic E-state index is -2.94. The van der Waals surface area contributed by atoms with E-state index in [1.54, 1.807) is 0 Å². The van der Waals surface area contributed by atoms with Crippen molar-refractivity contribution in [3.05, 3.63) is 65.2 Å². The molecule has 6 heteroatoms. The van der Waals surface area contributed by atoms with Crippen LogP contribution in [0.5, 0.6) is 5.75 Å². The molecule has 0 atom stereocenters. The average molecular weight is 298 g/mol. The quantitative estimate of drug-likeness (QED) is 0.616. The summed E-state index contributed by atoms with van der Waals surface area (Å²) in [4.78, 5) is 11.9. The third-order valence-electron chi connectivity index (χ3n) is 2.69. The molecule has 0 radical (unpaired) electrons. The van der Waals surface area contributed by atoms with E-state index in [2.05, 4.69) is 4.74 Å². The first-order valence-corrected chi connectivity index (χ1v) is 5.97. The second kappa shape index (κ2) is 6.39. The lowest BCUT2D eigenvalue weighted by atomic mass is 10.0. The summed E-state index contributed by atoms with van der Waals surface area (Å²) in [5.74, 6) is -1.99. The molecule has 0 aliphatic heterocycles. The van der Waals surface area contributed by atoms with E-state index < -0.39 is 18.2 Å². The van der Waals surface area contributed by atoms with Crippen molar-refractivity contribution in [3.8, 4) is 5.75 Å². The van der Waals surface area contributed by atoms with Crippen molar-refractivity contribution in [2.45, 2.75) is 13.0 Å². The van der Waals surface area contributed by atoms with Crippen LogP contribution >= 0.6 is 0 Å². The first-order valence-electron chi connectivity index (χ1n) is 5.97. The minimum Gasteiger partial charge on any atom is -0.435 e. The van der Waals surface area contributed by atoms with Crippen LogP contribution in [0.15, 0.2) is 42.5 Å². The molecular formula is C15H10F4O2. The van der Waals surface area contributed by atoms with Gasteiger partial charge in [-0.2, -0.15) is 8.78 Å². The van der Waals surface area contributed by atoms with E-state index in [1.807, 2.05) is 0 Å². The molecule has 2 nitrogen and oxygen atoms in total. The summed E-state index contributed by atoms with van der Waals surface area (Å²) in [5.41, 5.74) is 0.437. The molecule has 0 bridgehead atoms. The Morgan fingerprint density at radius 2 is 1.57 bits per heavy atom. The van der Waals surface area contributed by atoms with Crippen molar-refractivity contribution < 1.29 is 27.1 Å². The van der Waals surface area contributed by atoms with E-state index in [0.29, 0.717) is 6.07 Å². The summed E-state index contributed by atoms with van der Waals surface area (Å²) >= 11 is 0. The molecule has 0 aliphatic carbocycles. The van der Waals surface area contributed by atoms with Gasteiger partial charge in [0.25, 0.3) is 0 Å². The average Bonchev–Trinajstić information content (AvgIpc) is 2.37. The number of rotatable bonds is 5. The number of benzene rings is 2. The summed E-state index contributed by atoms with van der Waals surface area (Å²) in [6.45, 7) is -2.94. The summed E-state index contributed by atoms with van der Waals surface area (Å²) in [7, 11) is 0. The van der Waals surface area contributed by atoms with Gasteiger partial charge in [0.1, 0.15) is 17.4 Å². The standard InChI is InChI=1S/C15H10F4O2/c16-11-5-9(6-12(17)8-11)7-14(20)10-1-3-13(4-2-10)21-15(18)19/h1-6,8,15H,7H2. The fourth-order valence-electron chi connectivity index (χ4n) is 1.82. The summed E-state index contributed by atoms with van der Waals surface area (Å²) < 4.78 is 54.2. The van der Waals surface area contributed by atoms with Crippen molar-refractivity contribution in [2.24, 2.45) is 0 Å². The van der Waals surface area contributed by atoms with Gasteiger partial charge in [-0.1, -0.05) is 0 Å². The highest BCUT2D eigenvalue weighted by Crippen LogP contribution is 2.17. The zero-order valence-electron chi connectivity index (χ0n) is 10.7. The van der Waals surface area contributed by atoms with Crippen molar-refractivity contribution in [1.29, 1.82) is 0 Å². The van der Waals surface area contributed by atoms with Gasteiger partial charge < -0.3 is 4.74 Å². The summed E-state index contributed by atoms with van der Waals surface area (Å²) in [5, 5.41) is 0. The van der Waals surface area contributed by atoms with Gasteiger partial charge in [0.05, 0.1) is 0 Å². The summed E-state index contributed by atoms with van der Waals surface area (Å²) in [6.07, 6.45) is -0.191. The Morgan fingerprint density at radius 1 is 1.00 bits per heavy atom. The molecular weight excluding hydrogens is 288 g/mol. The molecule has 0 heterocycles. The molecule has 0 spiro atoms. The SMILES string of the molecule is O=C(Cc1cc(F)cc(F)c1)c1ccc(OC(F)F)cc1. The Bertz CT molecular complexity index is 618. The van der Waals surface area contributed by atoms with Crippen LogP contribution in [0, 0.1) is 11.6 Å². The second-order valence-electron chi connectivity index (χ2n) is 4.28. The molecule has 0 amide bonds. The normalized spacial score (nSPS) is 10.7. The monoisotopic (exact) mass is 298 g/mol. The number of ether oxygens (including phenoxy) is 1. The smallest absolute Gasteiger partial charge is 0.387 e. The minimum absolute atomic E-state index is 0.0710. The molecule has 2 rings (SSSR count). The predicted octanol–water partition coefficient (Wildman–Crippen LogP) is 3.99. The summed E-state index contributed by atoms with van der Waals surface area (Å²) in [6, 6.07) is 7.93. The lowest BCUT2D eigenvalue weighted by molar-refractivity contribution is -0.0498. The van der Waals surface area contributed by atoms with E-state index >= 15 is 0 Å². The van der Waals surface area contributed by atoms with Crippen LogP contribution in [0.1, 0.15) is 15.9 Å². The van der Waals surface area contributed by atoms with Gasteiger partial charge in [-0.25, -0.2) is 8.78 Å². The van der Waals surface area contributed by atoms with Crippen LogP contribution in [0.3, 0.4) is 0 Å². The first kappa shape index (κ1) is 15.0. The maximum atomic E-state index is 13.0. The molecule has 0 aliphatic rings. The highest BCUT2D eigenvalue weighted by Gasteiger charge is 2.10. The topological polar surface area (TPSA) is 26.3 Å². The van der Waals surface area contributed by atoms with E-state index in [-0.39, 0.29) is 29.1 Å². The van der Waals surface area contributed by atoms with Crippen LogP contribution in [-0.2, 0) is 6.42 Å². The molecule has 0 saturated heterocycles. The first-order chi connectivity index (χ1) is 9.94. The zero-order chi connectivity index (χ0) is 15.4. The van der Waals surface area contributed by atoms with Gasteiger partial charge in [0.15, 0.2) is 5.78 Å². The molecule has 2 aromatic carbocycles. The van der Waals surface area contributed by atoms with Gasteiger partial charge in [0, 0.05) is 18.1 Å². The van der Waals surface area contributed by atoms with Crippen LogP contribution in [0.4, 0.5) is 17.6 Å². The lowest BCUT2D eigenvalue weighted by Gasteiger charge is -2.06. The number of ketones is 1. The van der Waals surface area contributed by atoms with Gasteiger partial charge in [-0.05, 0) is 42.0 Å². The predicted molar refractivity (Wildman–Crippen MR) is 67.5 cm³/mol. The number of Topliss-reactive ketones (excluding diaryl/α,β-unsaturated/α-hetero) is 1. The third kappa shape index (κ3) is 4.30. The van der Waals surface area contributed by atoms with E-state index in [0.717, 1.165) is 12.1 Å². The second-order valence-corrected chi connectivity index (χ2v) is 4.28. The number of alkyl halides is 2. The molecule has 2 aromatic rings. The number of hydrogen-bond donors (Lipinski definition) is 0. The van der Waals surface area contributed by atoms with Crippen molar-refractivity contribution in [1.82, 2.24) is 0 Å². The zero-order valence-corrected chi connectivity index (χ0v) is 10.7. The van der Waals surface area contributed by atoms with Crippen LogP contribution in [-0.4, -0.2) is 12.4 Å². The van der Waals surface area contributed by atoms with E-state index in [4.69, 9.17) is 0 Å². The third-order valence-corrected chi connectivity index (χ3v) is 2.69. The molecule has 21 heavy (non-hydrogen) atoms. The lowest BCUT2D eigenvalue weighted by Crippen LogP contribution is -2.05.